The van der Waals surface area contributed by atoms with E-state index >= 15 is 0 Å². The minimum Gasteiger partial charge on any atom is -0.299 e. The van der Waals surface area contributed by atoms with Crippen molar-refractivity contribution < 1.29 is 18.2 Å². The molecule has 0 spiro atoms. The second-order valence-electron chi connectivity index (χ2n) is 4.51. The Morgan fingerprint density at radius 1 is 0.889 bits per heavy atom. The first-order valence-corrected chi connectivity index (χ1v) is 9.38. The molecule has 0 aromatic carbocycles. The van der Waals surface area contributed by atoms with E-state index in [4.69, 9.17) is 4.89 Å². The monoisotopic (exact) mass is 346 g/mol. The summed E-state index contributed by atoms with van der Waals surface area (Å²) in [6.45, 7) is 0.0385. The molecule has 0 aromatic rings. The fourth-order valence-electron chi connectivity index (χ4n) is 1.79. The van der Waals surface area contributed by atoms with Gasteiger partial charge in [-0.25, -0.2) is 4.57 Å². The predicted molar refractivity (Wildman–Crippen MR) is 76.8 cm³/mol. The molecule has 6 heteroatoms. The second-order valence-corrected chi connectivity index (χ2v) is 6.46. The van der Waals surface area contributed by atoms with Crippen LogP contribution in [0, 0.1) is 0 Å². The molecule has 0 aliphatic carbocycles. The number of rotatable bonds is 13. The first-order valence-electron chi connectivity index (χ1n) is 6.79. The highest BCUT2D eigenvalue weighted by Crippen LogP contribution is 2.43. The van der Waals surface area contributed by atoms with Gasteiger partial charge in [0.2, 0.25) is 0 Å². The van der Waals surface area contributed by atoms with E-state index < -0.39 is 7.91 Å². The van der Waals surface area contributed by atoms with Crippen LogP contribution in [0.4, 0.5) is 4.20 Å². The highest BCUT2D eigenvalue weighted by Gasteiger charge is 2.15. The van der Waals surface area contributed by atoms with Gasteiger partial charge in [-0.3, -0.25) is 9.42 Å². The van der Waals surface area contributed by atoms with Crippen LogP contribution in [0.25, 0.3) is 0 Å². The van der Waals surface area contributed by atoms with E-state index in [1.54, 1.807) is 0 Å². The summed E-state index contributed by atoms with van der Waals surface area (Å²) in [5.41, 5.74) is 0. The number of unbranched alkanes of at least 4 members (excludes halogenated alkanes) is 9. The normalized spacial score (nSPS) is 14.6. The van der Waals surface area contributed by atoms with Crippen molar-refractivity contribution >= 4 is 23.8 Å². The van der Waals surface area contributed by atoms with Crippen LogP contribution in [0.15, 0.2) is 0 Å². The second kappa shape index (κ2) is 12.6. The molecule has 110 valence electrons. The van der Waals surface area contributed by atoms with Gasteiger partial charge in [0, 0.05) is 5.33 Å². The molecule has 3 nitrogen and oxygen atoms in total. The van der Waals surface area contributed by atoms with Gasteiger partial charge in [0.1, 0.15) is 0 Å². The van der Waals surface area contributed by atoms with Gasteiger partial charge in [0.25, 0.3) is 0 Å². The highest BCUT2D eigenvalue weighted by molar-refractivity contribution is 9.09. The van der Waals surface area contributed by atoms with Crippen molar-refractivity contribution in [3.05, 3.63) is 0 Å². The van der Waals surface area contributed by atoms with Crippen molar-refractivity contribution in [2.24, 2.45) is 0 Å². The van der Waals surface area contributed by atoms with Crippen LogP contribution in [-0.2, 0) is 9.09 Å². The standard InChI is InChI=1S/C12H25BrFO3P/c13-11-9-7-5-3-1-2-4-6-8-10-12-17-18(14,15)16/h1-12H2,(H,15,16). The fourth-order valence-corrected chi connectivity index (χ4v) is 2.54. The summed E-state index contributed by atoms with van der Waals surface area (Å²) in [6.07, 6.45) is 11.6. The van der Waals surface area contributed by atoms with E-state index in [0.717, 1.165) is 18.2 Å². The van der Waals surface area contributed by atoms with E-state index in [1.165, 1.54) is 44.9 Å². The van der Waals surface area contributed by atoms with E-state index in [9.17, 15) is 8.76 Å². The molecular formula is C12H25BrFO3P. The molecule has 0 radical (unpaired) electrons. The zero-order valence-corrected chi connectivity index (χ0v) is 13.4. The van der Waals surface area contributed by atoms with E-state index in [0.29, 0.717) is 6.42 Å². The summed E-state index contributed by atoms with van der Waals surface area (Å²) in [4.78, 5) is 8.24. The van der Waals surface area contributed by atoms with Crippen LogP contribution in [-0.4, -0.2) is 16.8 Å². The van der Waals surface area contributed by atoms with Crippen LogP contribution in [0.2, 0.25) is 0 Å². The Bertz CT molecular complexity index is 223. The lowest BCUT2D eigenvalue weighted by atomic mass is 10.1. The van der Waals surface area contributed by atoms with E-state index in [2.05, 4.69) is 20.5 Å². The largest absolute Gasteiger partial charge is 0.510 e. The molecule has 1 atom stereocenters. The third-order valence-electron chi connectivity index (χ3n) is 2.78. The fraction of sp³-hybridized carbons (Fsp3) is 1.00. The van der Waals surface area contributed by atoms with E-state index in [1.807, 2.05) is 0 Å². The highest BCUT2D eigenvalue weighted by atomic mass is 79.9. The van der Waals surface area contributed by atoms with E-state index in [-0.39, 0.29) is 6.61 Å². The summed E-state index contributed by atoms with van der Waals surface area (Å²) in [5, 5.41) is 1.11. The SMILES string of the molecule is O=P(O)(F)OCCCCCCCCCCCCBr. The molecule has 18 heavy (non-hydrogen) atoms. The van der Waals surface area contributed by atoms with Gasteiger partial charge in [0.05, 0.1) is 6.61 Å². The van der Waals surface area contributed by atoms with Gasteiger partial charge in [-0.15, -0.1) is 4.20 Å². The predicted octanol–water partition coefficient (Wildman–Crippen LogP) is 5.37. The van der Waals surface area contributed by atoms with Crippen molar-refractivity contribution in [3.63, 3.8) is 0 Å². The lowest BCUT2D eigenvalue weighted by molar-refractivity contribution is 0.221. The van der Waals surface area contributed by atoms with Crippen molar-refractivity contribution in [3.8, 4) is 0 Å². The van der Waals surface area contributed by atoms with Gasteiger partial charge in [-0.2, -0.15) is 0 Å². The van der Waals surface area contributed by atoms with Crippen molar-refractivity contribution in [2.75, 3.05) is 11.9 Å². The zero-order chi connectivity index (χ0) is 13.7. The molecule has 0 saturated carbocycles. The van der Waals surface area contributed by atoms with Crippen LogP contribution >= 0.6 is 23.8 Å². The molecular weight excluding hydrogens is 322 g/mol. The van der Waals surface area contributed by atoms with Gasteiger partial charge < -0.3 is 0 Å². The molecule has 1 unspecified atom stereocenters. The van der Waals surface area contributed by atoms with Gasteiger partial charge in [-0.1, -0.05) is 67.3 Å². The van der Waals surface area contributed by atoms with Crippen molar-refractivity contribution in [1.82, 2.24) is 0 Å². The topological polar surface area (TPSA) is 46.5 Å². The van der Waals surface area contributed by atoms with Gasteiger partial charge >= 0.3 is 7.91 Å². The molecule has 1 N–H and O–H groups in total. The summed E-state index contributed by atoms with van der Waals surface area (Å²) < 4.78 is 26.4. The minimum atomic E-state index is -4.75. The number of alkyl halides is 1. The summed E-state index contributed by atoms with van der Waals surface area (Å²) in [6, 6.07) is 0. The summed E-state index contributed by atoms with van der Waals surface area (Å²) in [7, 11) is -4.75. The molecule has 0 saturated heterocycles. The quantitative estimate of drug-likeness (QED) is 0.277. The van der Waals surface area contributed by atoms with Gasteiger partial charge in [0.15, 0.2) is 0 Å². The maximum atomic E-state index is 12.1. The minimum absolute atomic E-state index is 0.0385. The van der Waals surface area contributed by atoms with Crippen molar-refractivity contribution in [2.45, 2.75) is 64.2 Å². The Morgan fingerprint density at radius 3 is 1.67 bits per heavy atom. The third-order valence-corrected chi connectivity index (χ3v) is 3.84. The van der Waals surface area contributed by atoms with Crippen molar-refractivity contribution in [1.29, 1.82) is 0 Å². The maximum absolute atomic E-state index is 12.1. The molecule has 0 rings (SSSR count). The Balaban J connectivity index is 3.01. The summed E-state index contributed by atoms with van der Waals surface area (Å²) in [5.74, 6) is 0. The maximum Gasteiger partial charge on any atom is 0.510 e. The average Bonchev–Trinajstić information content (AvgIpc) is 2.29. The molecule has 0 bridgehead atoms. The Labute approximate surface area is 118 Å². The molecule has 0 aliphatic rings. The Morgan fingerprint density at radius 2 is 1.28 bits per heavy atom. The lowest BCUT2D eigenvalue weighted by Gasteiger charge is -2.03. The number of hydrogen-bond donors (Lipinski definition) is 1. The number of hydrogen-bond acceptors (Lipinski definition) is 2. The molecule has 0 fully saturated rings. The zero-order valence-electron chi connectivity index (χ0n) is 11.0. The average molecular weight is 347 g/mol. The summed E-state index contributed by atoms with van der Waals surface area (Å²) >= 11 is 3.42. The molecule has 0 heterocycles. The Hall–Kier alpha value is 0.560. The molecule has 0 amide bonds. The van der Waals surface area contributed by atoms with Gasteiger partial charge in [-0.05, 0) is 12.8 Å². The first-order chi connectivity index (χ1) is 8.56. The smallest absolute Gasteiger partial charge is 0.299 e. The Kier molecular flexibility index (Phi) is 13.0. The molecule has 0 aliphatic heterocycles. The first kappa shape index (κ1) is 18.6. The van der Waals surface area contributed by atoms with Crippen LogP contribution in [0.3, 0.4) is 0 Å². The lowest BCUT2D eigenvalue weighted by Crippen LogP contribution is -1.90. The third kappa shape index (κ3) is 16.6. The van der Waals surface area contributed by atoms with Crippen LogP contribution < -0.4 is 0 Å². The molecule has 0 aromatic heterocycles. The van der Waals surface area contributed by atoms with Crippen LogP contribution in [0.5, 0.6) is 0 Å². The number of halogens is 2. The van der Waals surface area contributed by atoms with Crippen LogP contribution in [0.1, 0.15) is 64.2 Å².